The van der Waals surface area contributed by atoms with Crippen molar-refractivity contribution in [1.29, 1.82) is 0 Å². The van der Waals surface area contributed by atoms with E-state index >= 15 is 0 Å². The van der Waals surface area contributed by atoms with E-state index in [4.69, 9.17) is 4.74 Å². The second-order valence-electron chi connectivity index (χ2n) is 8.34. The van der Waals surface area contributed by atoms with Crippen LogP contribution >= 0.6 is 0 Å². The van der Waals surface area contributed by atoms with Crippen LogP contribution in [0.3, 0.4) is 0 Å². The summed E-state index contributed by atoms with van der Waals surface area (Å²) in [4.78, 5) is 21.9. The third kappa shape index (κ3) is 5.04. The molecule has 0 radical (unpaired) electrons. The number of H-pyrrole nitrogens is 1. The number of anilines is 2. The van der Waals surface area contributed by atoms with E-state index in [2.05, 4.69) is 14.7 Å². The number of esters is 1. The van der Waals surface area contributed by atoms with E-state index < -0.39 is 16.0 Å². The fraction of sp³-hybridized carbons (Fsp3) is 0.200. The number of ether oxygens (including phenoxy) is 1. The molecule has 0 saturated heterocycles. The molecule has 8 nitrogen and oxygen atoms in total. The van der Waals surface area contributed by atoms with Crippen LogP contribution in [0.1, 0.15) is 24.2 Å². The van der Waals surface area contributed by atoms with Crippen molar-refractivity contribution in [3.63, 3.8) is 0 Å². The molecule has 2 N–H and O–H groups in total. The minimum absolute atomic E-state index is 0.0986. The topological polar surface area (TPSA) is 104 Å². The number of rotatable bonds is 7. The molecule has 4 rings (SSSR count). The Morgan fingerprint density at radius 1 is 1.00 bits per heavy atom. The second-order valence-corrected chi connectivity index (χ2v) is 10.0. The van der Waals surface area contributed by atoms with Crippen molar-refractivity contribution in [2.45, 2.75) is 24.8 Å². The summed E-state index contributed by atoms with van der Waals surface area (Å²) in [5, 5.41) is 0. The highest BCUT2D eigenvalue weighted by atomic mass is 32.2. The highest BCUT2D eigenvalue weighted by molar-refractivity contribution is 7.92. The van der Waals surface area contributed by atoms with Gasteiger partial charge in [-0.15, -0.1) is 0 Å². The van der Waals surface area contributed by atoms with E-state index in [0.29, 0.717) is 28.1 Å². The number of nitrogens with zero attached hydrogens (tertiary/aromatic N) is 2. The molecule has 0 amide bonds. The lowest BCUT2D eigenvalue weighted by Crippen LogP contribution is -2.14. The molecule has 4 aromatic rings. The predicted octanol–water partition coefficient (Wildman–Crippen LogP) is 4.66. The molecule has 0 aliphatic heterocycles. The van der Waals surface area contributed by atoms with Gasteiger partial charge in [-0.1, -0.05) is 0 Å². The largest absolute Gasteiger partial charge is 0.459 e. The Bertz CT molecular complexity index is 1420. The van der Waals surface area contributed by atoms with Crippen LogP contribution in [-0.2, 0) is 14.8 Å². The number of carbonyl (C=O) groups is 1. The monoisotopic (exact) mass is 478 g/mol. The molecule has 34 heavy (non-hydrogen) atoms. The van der Waals surface area contributed by atoms with Gasteiger partial charge in [0.15, 0.2) is 0 Å². The zero-order chi connectivity index (χ0) is 24.5. The van der Waals surface area contributed by atoms with Crippen molar-refractivity contribution < 1.29 is 17.9 Å². The van der Waals surface area contributed by atoms with Crippen molar-refractivity contribution in [3.05, 3.63) is 72.3 Å². The molecule has 0 unspecified atom stereocenters. The van der Waals surface area contributed by atoms with Crippen LogP contribution in [0.5, 0.6) is 0 Å². The van der Waals surface area contributed by atoms with Gasteiger partial charge in [-0.2, -0.15) is 0 Å². The van der Waals surface area contributed by atoms with Gasteiger partial charge in [-0.3, -0.25) is 4.72 Å². The number of sulfonamides is 1. The van der Waals surface area contributed by atoms with Gasteiger partial charge in [-0.25, -0.2) is 18.2 Å². The minimum atomic E-state index is -3.85. The van der Waals surface area contributed by atoms with E-state index in [1.165, 1.54) is 30.3 Å². The SMILES string of the molecule is CC(C)OC(=O)c1ccc(NS(=O)(=O)c2ccc3nc(-c4ccc(N(C)C)cc4)[nH]c3c2)cc1. The Morgan fingerprint density at radius 2 is 1.68 bits per heavy atom. The van der Waals surface area contributed by atoms with Crippen molar-refractivity contribution in [1.82, 2.24) is 9.97 Å². The molecular weight excluding hydrogens is 452 g/mol. The molecular formula is C25H26N4O4S. The fourth-order valence-electron chi connectivity index (χ4n) is 3.38. The van der Waals surface area contributed by atoms with E-state index in [9.17, 15) is 13.2 Å². The van der Waals surface area contributed by atoms with Crippen molar-refractivity contribution >= 4 is 38.4 Å². The molecule has 1 aromatic heterocycles. The molecule has 3 aromatic carbocycles. The maximum atomic E-state index is 12.9. The van der Waals surface area contributed by atoms with Crippen LogP contribution in [0, 0.1) is 0 Å². The molecule has 0 bridgehead atoms. The average molecular weight is 479 g/mol. The van der Waals surface area contributed by atoms with E-state index in [-0.39, 0.29) is 11.0 Å². The Labute approximate surface area is 198 Å². The highest BCUT2D eigenvalue weighted by Gasteiger charge is 2.17. The first-order valence-corrected chi connectivity index (χ1v) is 12.2. The molecule has 176 valence electrons. The summed E-state index contributed by atoms with van der Waals surface area (Å²) in [7, 11) is 0.100. The van der Waals surface area contributed by atoms with Crippen molar-refractivity contribution in [3.8, 4) is 11.4 Å². The Balaban J connectivity index is 1.55. The van der Waals surface area contributed by atoms with Gasteiger partial charge in [0.25, 0.3) is 10.0 Å². The predicted molar refractivity (Wildman–Crippen MR) is 134 cm³/mol. The van der Waals surface area contributed by atoms with Crippen LogP contribution in [-0.4, -0.2) is 44.6 Å². The summed E-state index contributed by atoms with van der Waals surface area (Å²) in [5.74, 6) is 0.202. The Hall–Kier alpha value is -3.85. The van der Waals surface area contributed by atoms with Crippen LogP contribution in [0.15, 0.2) is 71.6 Å². The van der Waals surface area contributed by atoms with Crippen LogP contribution < -0.4 is 9.62 Å². The third-order valence-electron chi connectivity index (χ3n) is 5.14. The molecule has 0 saturated carbocycles. The lowest BCUT2D eigenvalue weighted by Gasteiger charge is -2.12. The van der Waals surface area contributed by atoms with Gasteiger partial charge in [0.05, 0.1) is 27.6 Å². The number of benzene rings is 3. The molecule has 0 spiro atoms. The zero-order valence-electron chi connectivity index (χ0n) is 19.4. The number of aromatic nitrogens is 2. The number of imidazole rings is 1. The summed E-state index contributed by atoms with van der Waals surface area (Å²) in [5.41, 5.74) is 3.94. The van der Waals surface area contributed by atoms with Gasteiger partial charge in [0.2, 0.25) is 0 Å². The highest BCUT2D eigenvalue weighted by Crippen LogP contribution is 2.25. The average Bonchev–Trinajstić information content (AvgIpc) is 3.22. The van der Waals surface area contributed by atoms with Crippen LogP contribution in [0.4, 0.5) is 11.4 Å². The number of hydrogen-bond acceptors (Lipinski definition) is 6. The lowest BCUT2D eigenvalue weighted by atomic mass is 10.2. The number of nitrogens with one attached hydrogen (secondary N) is 2. The normalized spacial score (nSPS) is 11.6. The van der Waals surface area contributed by atoms with Gasteiger partial charge in [-0.05, 0) is 80.6 Å². The van der Waals surface area contributed by atoms with E-state index in [1.54, 1.807) is 26.0 Å². The molecule has 9 heteroatoms. The first-order valence-electron chi connectivity index (χ1n) is 10.7. The lowest BCUT2D eigenvalue weighted by molar-refractivity contribution is 0.0378. The van der Waals surface area contributed by atoms with Crippen molar-refractivity contribution in [2.24, 2.45) is 0 Å². The summed E-state index contributed by atoms with van der Waals surface area (Å²) >= 11 is 0. The summed E-state index contributed by atoms with van der Waals surface area (Å²) < 4.78 is 33.6. The van der Waals surface area contributed by atoms with E-state index in [1.807, 2.05) is 43.3 Å². The molecule has 0 aliphatic rings. The van der Waals surface area contributed by atoms with Gasteiger partial charge >= 0.3 is 5.97 Å². The third-order valence-corrected chi connectivity index (χ3v) is 6.52. The smallest absolute Gasteiger partial charge is 0.338 e. The molecule has 0 atom stereocenters. The molecule has 0 fully saturated rings. The van der Waals surface area contributed by atoms with Crippen LogP contribution in [0.2, 0.25) is 0 Å². The summed E-state index contributed by atoms with van der Waals surface area (Å²) in [6.45, 7) is 3.53. The summed E-state index contributed by atoms with van der Waals surface area (Å²) in [6, 6.07) is 18.8. The van der Waals surface area contributed by atoms with Crippen molar-refractivity contribution in [2.75, 3.05) is 23.7 Å². The van der Waals surface area contributed by atoms with Gasteiger partial charge in [0.1, 0.15) is 5.82 Å². The first-order chi connectivity index (χ1) is 16.1. The fourth-order valence-corrected chi connectivity index (χ4v) is 4.47. The van der Waals surface area contributed by atoms with Gasteiger partial charge < -0.3 is 14.6 Å². The maximum Gasteiger partial charge on any atom is 0.338 e. The van der Waals surface area contributed by atoms with Gasteiger partial charge in [0, 0.05) is 31.0 Å². The standard InChI is InChI=1S/C25H26N4O4S/c1-16(2)33-25(30)18-5-9-19(10-6-18)28-34(31,32)21-13-14-22-23(15-21)27-24(26-22)17-7-11-20(12-8-17)29(3)4/h5-16,28H,1-4H3,(H,26,27). The second kappa shape index (κ2) is 9.18. The molecule has 0 aliphatic carbocycles. The zero-order valence-corrected chi connectivity index (χ0v) is 20.2. The molecule has 1 heterocycles. The maximum absolute atomic E-state index is 12.9. The number of aromatic amines is 1. The van der Waals surface area contributed by atoms with Crippen LogP contribution in [0.25, 0.3) is 22.4 Å². The first kappa shape index (κ1) is 23.3. The Kier molecular flexibility index (Phi) is 6.30. The number of carbonyl (C=O) groups excluding carboxylic acids is 1. The quantitative estimate of drug-likeness (QED) is 0.374. The minimum Gasteiger partial charge on any atom is -0.459 e. The summed E-state index contributed by atoms with van der Waals surface area (Å²) in [6.07, 6.45) is -0.235. The van der Waals surface area contributed by atoms with E-state index in [0.717, 1.165) is 11.3 Å². The number of hydrogen-bond donors (Lipinski definition) is 2. The number of fused-ring (bicyclic) bond motifs is 1. The Morgan fingerprint density at radius 3 is 2.29 bits per heavy atom.